The second-order valence-electron chi connectivity index (χ2n) is 32.7. The number of carboxylic acid groups (broad SMARTS) is 2. The van der Waals surface area contributed by atoms with Crippen LogP contribution in [0.1, 0.15) is 173 Å². The first-order chi connectivity index (χ1) is 69.0. The Balaban J connectivity index is 0.000000169. The number of nitrogens with zero attached hydrogens (tertiary/aromatic N) is 18. The molecule has 0 fully saturated rings. The summed E-state index contributed by atoms with van der Waals surface area (Å²) in [6.45, 7) is 21.4. The van der Waals surface area contributed by atoms with Crippen LogP contribution < -0.4 is 56.6 Å². The molecule has 764 valence electrons. The zero-order valence-electron chi connectivity index (χ0n) is 79.8. The van der Waals surface area contributed by atoms with Crippen LogP contribution in [-0.4, -0.2) is 182 Å². The smallest absolute Gasteiger partial charge is 0.333 e. The van der Waals surface area contributed by atoms with Gasteiger partial charge in [-0.3, -0.25) is 54.3 Å². The topological polar surface area (TPSA) is 600 Å². The van der Waals surface area contributed by atoms with Crippen molar-refractivity contribution in [1.82, 2.24) is 73.0 Å². The van der Waals surface area contributed by atoms with Crippen molar-refractivity contribution >= 4 is 116 Å². The molecule has 10 aromatic heterocycles. The third-order valence-corrected chi connectivity index (χ3v) is 20.9. The molecule has 0 radical (unpaired) electrons. The fourth-order valence-corrected chi connectivity index (χ4v) is 14.3. The minimum Gasteiger partial charge on any atom is -0.508 e. The molecule has 0 aliphatic carbocycles. The fourth-order valence-electron chi connectivity index (χ4n) is 14.3. The number of fused-ring (bicyclic) bond motifs is 6. The second kappa shape index (κ2) is 49.3. The van der Waals surface area contributed by atoms with Gasteiger partial charge in [0.25, 0.3) is 0 Å². The van der Waals surface area contributed by atoms with Crippen molar-refractivity contribution in [3.8, 4) is 28.7 Å². The Morgan fingerprint density at radius 3 is 1.24 bits per heavy atom. The van der Waals surface area contributed by atoms with E-state index in [-0.39, 0.29) is 120 Å². The number of carbonyl (C=O) groups excluding carboxylic acids is 3. The van der Waals surface area contributed by atoms with Crippen LogP contribution in [-0.2, 0) is 33.4 Å². The van der Waals surface area contributed by atoms with Gasteiger partial charge in [0.1, 0.15) is 136 Å². The van der Waals surface area contributed by atoms with Crippen molar-refractivity contribution in [2.24, 2.45) is 0 Å². The number of aromatic hydroxyl groups is 1. The molecular weight excluding hydrogens is 1910 g/mol. The van der Waals surface area contributed by atoms with E-state index in [1.54, 1.807) is 133 Å². The molecule has 1 aliphatic heterocycles. The van der Waals surface area contributed by atoms with E-state index in [1.165, 1.54) is 117 Å². The molecule has 0 saturated heterocycles. The molecule has 10 atom stereocenters. The number of amides is 1. The maximum absolute atomic E-state index is 13.9. The van der Waals surface area contributed by atoms with Crippen LogP contribution >= 0.6 is 0 Å². The molecule has 15 aromatic rings. The number of benzene rings is 5. The number of aliphatic hydroxyl groups is 1. The fraction of sp³-hybridized carbons (Fsp3) is 0.309. The lowest BCUT2D eigenvalue weighted by atomic mass is 10.1. The molecule has 1 amide bonds. The zero-order valence-corrected chi connectivity index (χ0v) is 79.8. The summed E-state index contributed by atoms with van der Waals surface area (Å²) in [7, 11) is 0. The number of halogens is 5. The lowest BCUT2D eigenvalue weighted by Gasteiger charge is -2.21. The molecule has 5 aromatic carbocycles. The summed E-state index contributed by atoms with van der Waals surface area (Å²) in [6.07, 6.45) is 11.8. The van der Waals surface area contributed by atoms with Gasteiger partial charge in [0.15, 0.2) is 11.3 Å². The summed E-state index contributed by atoms with van der Waals surface area (Å²) in [5.74, 6) is -1.32. The molecule has 51 heteroatoms. The van der Waals surface area contributed by atoms with E-state index in [9.17, 15) is 81.4 Å². The van der Waals surface area contributed by atoms with Crippen molar-refractivity contribution in [3.05, 3.63) is 271 Å². The number of ether oxygens (including phenoxy) is 6. The Kier molecular flexibility index (Phi) is 36.6. The number of hydrogen-bond donors (Lipinski definition) is 11. The number of rotatable bonds is 31. The van der Waals surface area contributed by atoms with Crippen molar-refractivity contribution in [3.63, 3.8) is 0 Å². The SMILES string of the molecule is CCOC(=O)C[C@@H](C)O.CCOC(=O)C[C@H](C)Oc1ccc(F)cc1[C@@H](C)Nc1ccn2ncc([N+](=O)[O-])c2n1.C[C@@H](CC(=O)O)Oc1ccc(F)cc1[C@@H](C)Nc1ccn2ncc(N)c2n1.C[C@@H](CC(=O)O)Oc1ccc(F)cc1[C@@H](C)Nc1ccn2ncc([N+](=O)[O-])c2n1.C[C@@H](Nc1ccn2ncc([N+](=O)[O-])c2n1)c1cc(F)ccc1O.C[C@H]1CC(=O)Nc2cnn3ccc(nc23)N[C@H](C)c2cc(F)ccc2O1. The highest BCUT2D eigenvalue weighted by molar-refractivity contribution is 5.94. The van der Waals surface area contributed by atoms with Crippen LogP contribution in [0.5, 0.6) is 28.7 Å². The van der Waals surface area contributed by atoms with Crippen LogP contribution in [0.15, 0.2) is 183 Å². The summed E-state index contributed by atoms with van der Waals surface area (Å²) in [4.78, 5) is 109. The minimum atomic E-state index is -1.01. The number of phenols is 1. The summed E-state index contributed by atoms with van der Waals surface area (Å²) in [5.41, 5.74) is 9.94. The summed E-state index contributed by atoms with van der Waals surface area (Å²) >= 11 is 0. The van der Waals surface area contributed by atoms with E-state index < -0.39 is 92.5 Å². The predicted molar refractivity (Wildman–Crippen MR) is 515 cm³/mol. The lowest BCUT2D eigenvalue weighted by Crippen LogP contribution is -2.22. The number of nitrogens with one attached hydrogen (secondary N) is 6. The molecule has 1 aliphatic rings. The largest absolute Gasteiger partial charge is 0.508 e. The van der Waals surface area contributed by atoms with E-state index in [0.29, 0.717) is 109 Å². The third kappa shape index (κ3) is 29.9. The number of phenolic OH excluding ortho intramolecular Hbond substituents is 1. The van der Waals surface area contributed by atoms with E-state index in [2.05, 4.69) is 87.1 Å². The monoisotopic (exact) mass is 2010 g/mol. The molecule has 12 N–H and O–H groups in total. The minimum absolute atomic E-state index is 0.0512. The van der Waals surface area contributed by atoms with E-state index in [0.717, 1.165) is 24.7 Å². The number of aromatic nitrogens is 15. The van der Waals surface area contributed by atoms with Crippen molar-refractivity contribution in [2.75, 3.05) is 50.8 Å². The van der Waals surface area contributed by atoms with Crippen LogP contribution in [0.25, 0.3) is 28.2 Å². The third-order valence-electron chi connectivity index (χ3n) is 20.9. The number of carbonyl (C=O) groups is 5. The Labute approximate surface area is 820 Å². The molecule has 0 unspecified atom stereocenters. The van der Waals surface area contributed by atoms with Crippen molar-refractivity contribution in [1.29, 1.82) is 0 Å². The number of carboxylic acids is 2. The first-order valence-electron chi connectivity index (χ1n) is 44.8. The Bertz CT molecular complexity index is 7150. The van der Waals surface area contributed by atoms with Crippen LogP contribution in [0, 0.1) is 59.4 Å². The highest BCUT2D eigenvalue weighted by Crippen LogP contribution is 2.37. The van der Waals surface area contributed by atoms with Crippen LogP contribution in [0.3, 0.4) is 0 Å². The second-order valence-corrected chi connectivity index (χ2v) is 32.7. The van der Waals surface area contributed by atoms with Gasteiger partial charge in [-0.1, -0.05) is 0 Å². The van der Waals surface area contributed by atoms with Gasteiger partial charge in [-0.05, 0) is 204 Å². The van der Waals surface area contributed by atoms with Gasteiger partial charge in [-0.2, -0.15) is 25.5 Å². The Morgan fingerprint density at radius 1 is 0.476 bits per heavy atom. The zero-order chi connectivity index (χ0) is 105. The van der Waals surface area contributed by atoms with Gasteiger partial charge in [-0.15, -0.1) is 0 Å². The summed E-state index contributed by atoms with van der Waals surface area (Å²) < 4.78 is 108. The van der Waals surface area contributed by atoms with Crippen LogP contribution in [0.2, 0.25) is 0 Å². The van der Waals surface area contributed by atoms with Crippen molar-refractivity contribution < 1.29 is 110 Å². The Hall–Kier alpha value is -17.8. The molecule has 0 saturated carbocycles. The number of nitrogens with two attached hydrogens (primary N) is 1. The van der Waals surface area contributed by atoms with Gasteiger partial charge >= 0.3 is 40.9 Å². The molecule has 11 heterocycles. The first kappa shape index (κ1) is 108. The molecule has 145 heavy (non-hydrogen) atoms. The number of hydrogen-bond acceptors (Lipinski definition) is 35. The summed E-state index contributed by atoms with van der Waals surface area (Å²) in [6, 6.07) is 26.4. The highest BCUT2D eigenvalue weighted by atomic mass is 19.1. The van der Waals surface area contributed by atoms with Gasteiger partial charge in [0.05, 0.1) is 114 Å². The molecule has 46 nitrogen and oxygen atoms in total. The maximum Gasteiger partial charge on any atom is 0.333 e. The molecule has 0 spiro atoms. The maximum atomic E-state index is 13.9. The number of esters is 2. The first-order valence-corrected chi connectivity index (χ1v) is 44.8. The normalized spacial score (nSPS) is 14.2. The lowest BCUT2D eigenvalue weighted by molar-refractivity contribution is -0.383. The van der Waals surface area contributed by atoms with E-state index in [4.69, 9.17) is 44.7 Å². The standard InChI is InChI=1S/C20H22FN5O5.C18H18FN5O5.C18H20FN5O3.C18H18FN5O2.C14H12FN5O3.C6H12O3/c1-4-30-19(27)9-12(2)31-17-6-5-14(21)10-15(17)13(3)23-18-7-8-25-20(24-18)16(11-22-25)26(28)29;1-10(7-17(25)26)29-15-4-3-12(19)8-13(15)11(2)21-16-5-6-23-18(22-16)14(9-20-23)24(27)28;1-10(7-17(25)26)27-15-4-3-12(19)8-13(15)11(2)22-16-5-6-24-18(23-16)14(20)9-21-24;1-10-7-17(25)22-14-9-20-24-6-5-16(23-18(14)24)21-11(2)13-8-12(19)3-4-15(13)26-10;1-8(10-6-9(15)2-3-12(10)21)17-13-4-5-19-14(18-13)11(7-16-19)20(22)23;1-3-9-6(8)4-5(2)7/h5-8,10-13H,4,9H2,1-3H3,(H,23,24);3-6,8-11H,7H2,1-2H3,(H,21,22)(H,25,26);3-6,8-11H,7,20H2,1-2H3,(H,22,23)(H,25,26);3-6,8-11H,7H2,1-2H3,(H,21,23)(H,22,25);2-8,21H,1H3,(H,17,18);5,7H,3-4H2,1-2H3/t12-,13+;3*10-,11+;8-;5-/m000011/s1. The van der Waals surface area contributed by atoms with E-state index >= 15 is 0 Å². The average molecular weight is 2010 g/mol. The van der Waals surface area contributed by atoms with Crippen LogP contribution in [0.4, 0.5) is 79.5 Å². The van der Waals surface area contributed by atoms with Gasteiger partial charge in [0.2, 0.25) is 22.8 Å². The van der Waals surface area contributed by atoms with Gasteiger partial charge in [0, 0.05) is 58.8 Å². The van der Waals surface area contributed by atoms with E-state index in [1.807, 2.05) is 13.8 Å². The molecule has 2 bridgehead atoms. The molecule has 16 rings (SSSR count). The van der Waals surface area contributed by atoms with Crippen molar-refractivity contribution in [2.45, 2.75) is 176 Å². The Morgan fingerprint density at radius 2 is 0.828 bits per heavy atom. The van der Waals surface area contributed by atoms with Gasteiger partial charge in [-0.25, -0.2) is 69.4 Å². The van der Waals surface area contributed by atoms with Gasteiger partial charge < -0.3 is 86.5 Å². The number of nitrogen functional groups attached to an aromatic ring is 1. The number of nitro groups is 3. The number of anilines is 7. The quantitative estimate of drug-likeness (QED) is 0.00832. The summed E-state index contributed by atoms with van der Waals surface area (Å²) in [5, 5.41) is 108. The number of aliphatic hydroxyl groups excluding tert-OH is 1. The average Bonchev–Trinajstić information content (AvgIpc) is 1.66. The predicted octanol–water partition coefficient (Wildman–Crippen LogP) is 15.9. The highest BCUT2D eigenvalue weighted by Gasteiger charge is 2.28. The number of aliphatic carboxylic acids is 2. The molecular formula is C94H102F5N25O21.